The third-order valence-corrected chi connectivity index (χ3v) is 11.5. The van der Waals surface area contributed by atoms with Gasteiger partial charge < -0.3 is 14.2 Å². The van der Waals surface area contributed by atoms with Crippen molar-refractivity contribution >= 4 is 17.9 Å². The molecule has 0 aromatic carbocycles. The van der Waals surface area contributed by atoms with E-state index in [0.717, 1.165) is 116 Å². The van der Waals surface area contributed by atoms with Crippen LogP contribution in [0.3, 0.4) is 0 Å². The highest BCUT2D eigenvalue weighted by atomic mass is 16.6. The first kappa shape index (κ1) is 60.1. The van der Waals surface area contributed by atoms with Crippen molar-refractivity contribution in [2.75, 3.05) is 13.2 Å². The third kappa shape index (κ3) is 50.0. The molecule has 0 aliphatic carbocycles. The van der Waals surface area contributed by atoms with Crippen molar-refractivity contribution in [1.29, 1.82) is 0 Å². The predicted molar refractivity (Wildman–Crippen MR) is 270 cm³/mol. The summed E-state index contributed by atoms with van der Waals surface area (Å²) in [7, 11) is 0. The fourth-order valence-electron chi connectivity index (χ4n) is 7.49. The van der Waals surface area contributed by atoms with Crippen LogP contribution in [0.1, 0.15) is 265 Å². The monoisotopic (exact) mass is 881 g/mol. The van der Waals surface area contributed by atoms with Crippen molar-refractivity contribution in [1.82, 2.24) is 0 Å². The Labute approximate surface area is 390 Å². The molecule has 0 unspecified atom stereocenters. The van der Waals surface area contributed by atoms with Crippen molar-refractivity contribution in [2.24, 2.45) is 0 Å². The molecule has 0 saturated heterocycles. The molecule has 0 bridgehead atoms. The lowest BCUT2D eigenvalue weighted by molar-refractivity contribution is -0.167. The highest BCUT2D eigenvalue weighted by Crippen LogP contribution is 2.15. The molecule has 0 fully saturated rings. The Balaban J connectivity index is 4.41. The topological polar surface area (TPSA) is 78.9 Å². The van der Waals surface area contributed by atoms with Gasteiger partial charge in [0.05, 0.1) is 0 Å². The van der Waals surface area contributed by atoms with Gasteiger partial charge in [-0.2, -0.15) is 0 Å². The Morgan fingerprint density at radius 1 is 0.333 bits per heavy atom. The summed E-state index contributed by atoms with van der Waals surface area (Å²) >= 11 is 0. The molecule has 0 rings (SSSR count). The molecule has 0 radical (unpaired) electrons. The zero-order valence-electron chi connectivity index (χ0n) is 41.6. The van der Waals surface area contributed by atoms with Gasteiger partial charge in [-0.25, -0.2) is 0 Å². The third-order valence-electron chi connectivity index (χ3n) is 11.5. The molecule has 0 N–H and O–H groups in total. The molecular formula is C57H100O6. The minimum absolute atomic E-state index is 0.0853. The lowest BCUT2D eigenvalue weighted by Gasteiger charge is -2.18. The van der Waals surface area contributed by atoms with Crippen molar-refractivity contribution < 1.29 is 28.6 Å². The highest BCUT2D eigenvalue weighted by molar-refractivity contribution is 5.71. The molecule has 63 heavy (non-hydrogen) atoms. The Kier molecular flexibility index (Phi) is 49.4. The summed E-state index contributed by atoms with van der Waals surface area (Å²) in [6.45, 7) is 6.49. The number of allylic oxidation sites excluding steroid dienone is 10. The van der Waals surface area contributed by atoms with Crippen LogP contribution in [0.5, 0.6) is 0 Å². The standard InChI is InChI=1S/C57H100O6/c1-4-7-10-13-16-19-22-25-28-31-34-37-40-43-46-49-55(58)61-52-54(63-57(60)51-48-45-42-39-36-33-30-27-24-21-18-15-12-9-6-3)53-62-56(59)50-47-44-41-38-35-32-29-26-23-20-17-14-11-8-5-2/h7,10,16-17,19-20,25-26,28-29,54H,4-6,8-9,11-15,18,21-24,27,30-53H2,1-3H3/b10-7-,19-16-,20-17-,28-25-,29-26-/t54-/m1/s1. The molecule has 0 saturated carbocycles. The Bertz CT molecular complexity index is 1150. The van der Waals surface area contributed by atoms with E-state index in [0.29, 0.717) is 19.3 Å². The minimum atomic E-state index is -0.784. The van der Waals surface area contributed by atoms with E-state index >= 15 is 0 Å². The van der Waals surface area contributed by atoms with Gasteiger partial charge >= 0.3 is 17.9 Å². The van der Waals surface area contributed by atoms with Crippen LogP contribution in [0.2, 0.25) is 0 Å². The average Bonchev–Trinajstić information content (AvgIpc) is 3.28. The molecular weight excluding hydrogens is 781 g/mol. The van der Waals surface area contributed by atoms with Crippen LogP contribution in [0.15, 0.2) is 60.8 Å². The summed E-state index contributed by atoms with van der Waals surface area (Å²) < 4.78 is 16.8. The summed E-state index contributed by atoms with van der Waals surface area (Å²) in [5.74, 6) is -0.906. The summed E-state index contributed by atoms with van der Waals surface area (Å²) in [6.07, 6.45) is 63.4. The van der Waals surface area contributed by atoms with Gasteiger partial charge in [-0.1, -0.05) is 223 Å². The Morgan fingerprint density at radius 3 is 1.00 bits per heavy atom. The van der Waals surface area contributed by atoms with Gasteiger partial charge in [-0.15, -0.1) is 0 Å². The second-order valence-electron chi connectivity index (χ2n) is 17.8. The van der Waals surface area contributed by atoms with Crippen LogP contribution >= 0.6 is 0 Å². The Hall–Kier alpha value is -2.89. The van der Waals surface area contributed by atoms with E-state index in [1.54, 1.807) is 0 Å². The number of unbranched alkanes of at least 4 members (excludes halogenated alkanes) is 27. The van der Waals surface area contributed by atoms with Crippen LogP contribution in [0.25, 0.3) is 0 Å². The Morgan fingerprint density at radius 2 is 0.619 bits per heavy atom. The van der Waals surface area contributed by atoms with Gasteiger partial charge in [0, 0.05) is 19.3 Å². The highest BCUT2D eigenvalue weighted by Gasteiger charge is 2.19. The second-order valence-corrected chi connectivity index (χ2v) is 17.8. The van der Waals surface area contributed by atoms with Gasteiger partial charge in [0.15, 0.2) is 6.10 Å². The van der Waals surface area contributed by atoms with Gasteiger partial charge in [-0.3, -0.25) is 14.4 Å². The molecule has 0 heterocycles. The van der Waals surface area contributed by atoms with Gasteiger partial charge in [0.1, 0.15) is 13.2 Å². The lowest BCUT2D eigenvalue weighted by atomic mass is 10.0. The molecule has 6 heteroatoms. The van der Waals surface area contributed by atoms with E-state index in [1.807, 2.05) is 0 Å². The molecule has 0 aliphatic heterocycles. The van der Waals surface area contributed by atoms with Crippen LogP contribution < -0.4 is 0 Å². The first-order valence-electron chi connectivity index (χ1n) is 26.8. The van der Waals surface area contributed by atoms with Crippen LogP contribution in [-0.2, 0) is 28.6 Å². The molecule has 0 amide bonds. The predicted octanol–water partition coefficient (Wildman–Crippen LogP) is 17.6. The smallest absolute Gasteiger partial charge is 0.306 e. The minimum Gasteiger partial charge on any atom is -0.462 e. The quantitative estimate of drug-likeness (QED) is 0.0262. The summed E-state index contributed by atoms with van der Waals surface area (Å²) in [5, 5.41) is 0. The zero-order chi connectivity index (χ0) is 45.8. The fraction of sp³-hybridized carbons (Fsp3) is 0.772. The number of rotatable bonds is 48. The molecule has 0 aromatic heterocycles. The van der Waals surface area contributed by atoms with Gasteiger partial charge in [-0.05, 0) is 83.5 Å². The van der Waals surface area contributed by atoms with Crippen LogP contribution in [0.4, 0.5) is 0 Å². The molecule has 0 spiro atoms. The first-order chi connectivity index (χ1) is 31.0. The van der Waals surface area contributed by atoms with Crippen molar-refractivity contribution in [3.8, 4) is 0 Å². The van der Waals surface area contributed by atoms with E-state index in [9.17, 15) is 14.4 Å². The number of hydrogen-bond donors (Lipinski definition) is 0. The first-order valence-corrected chi connectivity index (χ1v) is 26.8. The number of carbonyl (C=O) groups is 3. The van der Waals surface area contributed by atoms with E-state index in [4.69, 9.17) is 14.2 Å². The molecule has 6 nitrogen and oxygen atoms in total. The number of esters is 3. The molecule has 0 aromatic rings. The molecule has 364 valence electrons. The lowest BCUT2D eigenvalue weighted by Crippen LogP contribution is -2.30. The SMILES string of the molecule is CC/C=C\C/C=C\C/C=C\CCCCCCCC(=O)OC[C@H](COC(=O)CCCCCCC/C=C\C/C=C\CCCCC)OC(=O)CCCCCCCCCCCCCCCCC. The number of carbonyl (C=O) groups excluding carboxylic acids is 3. The van der Waals surface area contributed by atoms with Crippen LogP contribution in [0, 0.1) is 0 Å². The summed E-state index contributed by atoms with van der Waals surface area (Å²) in [5.41, 5.74) is 0. The number of ether oxygens (including phenoxy) is 3. The van der Waals surface area contributed by atoms with Crippen molar-refractivity contribution in [2.45, 2.75) is 271 Å². The maximum Gasteiger partial charge on any atom is 0.306 e. The maximum absolute atomic E-state index is 12.8. The molecule has 1 atom stereocenters. The summed E-state index contributed by atoms with van der Waals surface area (Å²) in [6, 6.07) is 0. The second kappa shape index (κ2) is 51.7. The van der Waals surface area contributed by atoms with Crippen LogP contribution in [-0.4, -0.2) is 37.2 Å². The van der Waals surface area contributed by atoms with E-state index < -0.39 is 6.10 Å². The average molecular weight is 881 g/mol. The number of hydrogen-bond acceptors (Lipinski definition) is 6. The molecule has 0 aliphatic rings. The van der Waals surface area contributed by atoms with E-state index in [2.05, 4.69) is 81.5 Å². The normalized spacial score (nSPS) is 12.5. The van der Waals surface area contributed by atoms with Crippen molar-refractivity contribution in [3.05, 3.63) is 60.8 Å². The van der Waals surface area contributed by atoms with Crippen molar-refractivity contribution in [3.63, 3.8) is 0 Å². The fourth-order valence-corrected chi connectivity index (χ4v) is 7.49. The van der Waals surface area contributed by atoms with Gasteiger partial charge in [0.2, 0.25) is 0 Å². The zero-order valence-corrected chi connectivity index (χ0v) is 41.6. The largest absolute Gasteiger partial charge is 0.462 e. The van der Waals surface area contributed by atoms with E-state index in [-0.39, 0.29) is 31.1 Å². The summed E-state index contributed by atoms with van der Waals surface area (Å²) in [4.78, 5) is 38.0. The maximum atomic E-state index is 12.8. The van der Waals surface area contributed by atoms with Gasteiger partial charge in [0.25, 0.3) is 0 Å². The van der Waals surface area contributed by atoms with E-state index in [1.165, 1.54) is 109 Å².